The van der Waals surface area contributed by atoms with E-state index < -0.39 is 21.7 Å². The first-order chi connectivity index (χ1) is 16.3. The Bertz CT molecular complexity index is 1270. The van der Waals surface area contributed by atoms with E-state index in [1.807, 2.05) is 30.3 Å². The maximum Gasteiger partial charge on any atom is 0.407 e. The molecular formula is C23H28ClN5O5S. The highest BCUT2D eigenvalue weighted by atomic mass is 35.5. The Labute approximate surface area is 209 Å². The second-order valence-electron chi connectivity index (χ2n) is 9.01. The average Bonchev–Trinajstić information content (AvgIpc) is 3.20. The van der Waals surface area contributed by atoms with Crippen molar-refractivity contribution in [3.8, 4) is 11.5 Å². The number of hydrogen-bond donors (Lipinski definition) is 1. The molecule has 1 amide bonds. The van der Waals surface area contributed by atoms with E-state index in [4.69, 9.17) is 20.8 Å². The number of benzene rings is 1. The molecule has 0 saturated carbocycles. The second kappa shape index (κ2) is 10.6. The smallest absolute Gasteiger partial charge is 0.407 e. The van der Waals surface area contributed by atoms with Gasteiger partial charge in [0.2, 0.25) is 21.8 Å². The monoisotopic (exact) mass is 521 g/mol. The fourth-order valence-corrected chi connectivity index (χ4v) is 3.79. The Kier molecular flexibility index (Phi) is 8.01. The van der Waals surface area contributed by atoms with Crippen molar-refractivity contribution in [2.45, 2.75) is 45.3 Å². The summed E-state index contributed by atoms with van der Waals surface area (Å²) in [6, 6.07) is 12.3. The summed E-state index contributed by atoms with van der Waals surface area (Å²) in [7, 11) is -2.17. The number of alkyl carbamates (subject to hydrolysis) is 1. The molecule has 0 unspecified atom stereocenters. The normalized spacial score (nSPS) is 12.7. The maximum atomic E-state index is 12.4. The van der Waals surface area contributed by atoms with Crippen LogP contribution in [-0.4, -0.2) is 54.6 Å². The Balaban J connectivity index is 1.83. The third-order valence-electron chi connectivity index (χ3n) is 4.78. The van der Waals surface area contributed by atoms with Crippen LogP contribution in [0.2, 0.25) is 5.15 Å². The summed E-state index contributed by atoms with van der Waals surface area (Å²) in [6.45, 7) is 5.37. The number of aromatic nitrogens is 3. The van der Waals surface area contributed by atoms with Gasteiger partial charge in [0.15, 0.2) is 0 Å². The van der Waals surface area contributed by atoms with Crippen molar-refractivity contribution < 1.29 is 22.4 Å². The highest BCUT2D eigenvalue weighted by Crippen LogP contribution is 2.26. The predicted octanol–water partition coefficient (Wildman–Crippen LogP) is 3.86. The van der Waals surface area contributed by atoms with Gasteiger partial charge in [-0.2, -0.15) is 0 Å². The number of carbonyl (C=O) groups excluding carboxylic acids is 1. The first kappa shape index (κ1) is 26.4. The van der Waals surface area contributed by atoms with Crippen molar-refractivity contribution in [3.05, 3.63) is 59.1 Å². The van der Waals surface area contributed by atoms with Crippen molar-refractivity contribution >= 4 is 33.5 Å². The fourth-order valence-electron chi connectivity index (χ4n) is 3.15. The number of amides is 1. The molecule has 0 fully saturated rings. The molecule has 0 radical (unpaired) electrons. The average molecular weight is 522 g/mol. The number of anilines is 1. The zero-order chi connectivity index (χ0) is 25.8. The van der Waals surface area contributed by atoms with Crippen LogP contribution in [0.4, 0.5) is 10.6 Å². The van der Waals surface area contributed by atoms with E-state index in [0.29, 0.717) is 12.0 Å². The number of hydrogen-bond acceptors (Lipinski definition) is 8. The maximum absolute atomic E-state index is 12.4. The third-order valence-corrected chi connectivity index (χ3v) is 6.16. The van der Waals surface area contributed by atoms with Gasteiger partial charge in [-0.1, -0.05) is 41.9 Å². The molecule has 2 aromatic heterocycles. The predicted molar refractivity (Wildman–Crippen MR) is 133 cm³/mol. The number of ether oxygens (including phenoxy) is 1. The molecule has 2 heterocycles. The second-order valence-corrected chi connectivity index (χ2v) is 11.4. The standard InChI is InChI=1S/C23H28ClN5O5S/c1-23(2,3)34-22(30)25-17(11-15-9-7-6-8-10-15)14-20-27-28-21(33-20)16-12-18(24)26-19(13-16)29(4)35(5,31)32/h6-10,12-13,17H,11,14H2,1-5H3,(H,25,30)/t17-/m1/s1. The van der Waals surface area contributed by atoms with Crippen molar-refractivity contribution in [1.82, 2.24) is 20.5 Å². The van der Waals surface area contributed by atoms with Crippen molar-refractivity contribution in [1.29, 1.82) is 0 Å². The minimum atomic E-state index is -3.54. The molecule has 1 aromatic carbocycles. The van der Waals surface area contributed by atoms with Gasteiger partial charge in [0.05, 0.1) is 6.26 Å². The number of carbonyl (C=O) groups is 1. The highest BCUT2D eigenvalue weighted by Gasteiger charge is 2.23. The minimum Gasteiger partial charge on any atom is -0.444 e. The number of rotatable bonds is 8. The lowest BCUT2D eigenvalue weighted by Gasteiger charge is -2.23. The van der Waals surface area contributed by atoms with Gasteiger partial charge in [-0.15, -0.1) is 10.2 Å². The van der Waals surface area contributed by atoms with Gasteiger partial charge < -0.3 is 14.5 Å². The lowest BCUT2D eigenvalue weighted by Crippen LogP contribution is -2.41. The first-order valence-electron chi connectivity index (χ1n) is 10.8. The van der Waals surface area contributed by atoms with E-state index in [1.54, 1.807) is 20.8 Å². The molecule has 1 N–H and O–H groups in total. The van der Waals surface area contributed by atoms with Crippen LogP contribution < -0.4 is 9.62 Å². The lowest BCUT2D eigenvalue weighted by atomic mass is 10.0. The van der Waals surface area contributed by atoms with Gasteiger partial charge in [-0.05, 0) is 44.9 Å². The Morgan fingerprint density at radius 2 is 1.86 bits per heavy atom. The molecule has 1 atom stereocenters. The molecule has 0 aliphatic rings. The van der Waals surface area contributed by atoms with Gasteiger partial charge in [0, 0.05) is 25.1 Å². The van der Waals surface area contributed by atoms with Gasteiger partial charge >= 0.3 is 6.09 Å². The van der Waals surface area contributed by atoms with Crippen LogP contribution >= 0.6 is 11.6 Å². The van der Waals surface area contributed by atoms with Gasteiger partial charge in [0.25, 0.3) is 0 Å². The zero-order valence-corrected chi connectivity index (χ0v) is 21.7. The van der Waals surface area contributed by atoms with Crippen LogP contribution in [0.3, 0.4) is 0 Å². The van der Waals surface area contributed by atoms with E-state index >= 15 is 0 Å². The number of nitrogens with zero attached hydrogens (tertiary/aromatic N) is 4. The Morgan fingerprint density at radius 3 is 2.49 bits per heavy atom. The van der Waals surface area contributed by atoms with E-state index in [0.717, 1.165) is 16.1 Å². The summed E-state index contributed by atoms with van der Waals surface area (Å²) in [5.74, 6) is 0.536. The number of sulfonamides is 1. The molecule has 3 aromatic rings. The molecule has 10 nitrogen and oxygen atoms in total. The molecular weight excluding hydrogens is 494 g/mol. The van der Waals surface area contributed by atoms with Crippen molar-refractivity contribution in [3.63, 3.8) is 0 Å². The summed E-state index contributed by atoms with van der Waals surface area (Å²) >= 11 is 6.10. The third kappa shape index (κ3) is 7.93. The largest absolute Gasteiger partial charge is 0.444 e. The fraction of sp³-hybridized carbons (Fsp3) is 0.391. The summed E-state index contributed by atoms with van der Waals surface area (Å²) in [5.41, 5.74) is 0.785. The molecule has 35 heavy (non-hydrogen) atoms. The molecule has 0 aliphatic carbocycles. The lowest BCUT2D eigenvalue weighted by molar-refractivity contribution is 0.0502. The van der Waals surface area contributed by atoms with Gasteiger partial charge in [-0.25, -0.2) is 18.2 Å². The molecule has 0 spiro atoms. The van der Waals surface area contributed by atoms with Gasteiger partial charge in [0.1, 0.15) is 16.6 Å². The topological polar surface area (TPSA) is 128 Å². The van der Waals surface area contributed by atoms with Crippen LogP contribution in [0.5, 0.6) is 0 Å². The number of halogens is 1. The van der Waals surface area contributed by atoms with E-state index in [9.17, 15) is 13.2 Å². The van der Waals surface area contributed by atoms with Crippen molar-refractivity contribution in [2.75, 3.05) is 17.6 Å². The van der Waals surface area contributed by atoms with E-state index in [1.165, 1.54) is 19.2 Å². The molecule has 3 rings (SSSR count). The molecule has 12 heteroatoms. The van der Waals surface area contributed by atoms with E-state index in [-0.39, 0.29) is 35.2 Å². The first-order valence-corrected chi connectivity index (χ1v) is 13.0. The minimum absolute atomic E-state index is 0.0706. The van der Waals surface area contributed by atoms with Crippen LogP contribution in [0.15, 0.2) is 46.9 Å². The zero-order valence-electron chi connectivity index (χ0n) is 20.1. The molecule has 0 bridgehead atoms. The SMILES string of the molecule is CN(c1cc(-c2nnc(C[C@@H](Cc3ccccc3)NC(=O)OC(C)(C)C)o2)cc(Cl)n1)S(C)(=O)=O. The van der Waals surface area contributed by atoms with Crippen LogP contribution in [0.25, 0.3) is 11.5 Å². The van der Waals surface area contributed by atoms with Crippen LogP contribution in [0, 0.1) is 0 Å². The highest BCUT2D eigenvalue weighted by molar-refractivity contribution is 7.92. The molecule has 0 saturated heterocycles. The van der Waals surface area contributed by atoms with Crippen molar-refractivity contribution in [2.24, 2.45) is 0 Å². The number of nitrogens with one attached hydrogen (secondary N) is 1. The summed E-state index contributed by atoms with van der Waals surface area (Å²) in [4.78, 5) is 16.5. The molecule has 0 aliphatic heterocycles. The quantitative estimate of drug-likeness (QED) is 0.442. The van der Waals surface area contributed by atoms with Gasteiger partial charge in [-0.3, -0.25) is 4.31 Å². The van der Waals surface area contributed by atoms with Crippen LogP contribution in [-0.2, 0) is 27.6 Å². The summed E-state index contributed by atoms with van der Waals surface area (Å²) in [6.07, 6.45) is 1.27. The summed E-state index contributed by atoms with van der Waals surface area (Å²) < 4.78 is 36.0. The van der Waals surface area contributed by atoms with Crippen LogP contribution in [0.1, 0.15) is 32.2 Å². The summed E-state index contributed by atoms with van der Waals surface area (Å²) in [5, 5.41) is 11.1. The molecule has 188 valence electrons. The van der Waals surface area contributed by atoms with E-state index in [2.05, 4.69) is 20.5 Å². The Morgan fingerprint density at radius 1 is 1.17 bits per heavy atom. The Hall–Kier alpha value is -3.18. The number of pyridine rings is 1.